The summed E-state index contributed by atoms with van der Waals surface area (Å²) in [6.07, 6.45) is 0. The summed E-state index contributed by atoms with van der Waals surface area (Å²) in [7, 11) is -2.04. The number of carbonyl (C=O) groups is 1. The molecule has 184 valence electrons. The predicted octanol–water partition coefficient (Wildman–Crippen LogP) is 1.37. The van der Waals surface area contributed by atoms with Gasteiger partial charge in [-0.05, 0) is 54.6 Å². The molecule has 1 saturated heterocycles. The molecule has 10 nitrogen and oxygen atoms in total. The van der Waals surface area contributed by atoms with E-state index in [-0.39, 0.29) is 29.5 Å². The van der Waals surface area contributed by atoms with Crippen LogP contribution in [0.3, 0.4) is 0 Å². The summed E-state index contributed by atoms with van der Waals surface area (Å²) in [5.74, 6) is 0.344. The predicted molar refractivity (Wildman–Crippen MR) is 129 cm³/mol. The third-order valence-electron chi connectivity index (χ3n) is 5.59. The van der Waals surface area contributed by atoms with Crippen molar-refractivity contribution < 1.29 is 22.7 Å². The third kappa shape index (κ3) is 5.76. The van der Waals surface area contributed by atoms with Gasteiger partial charge in [0.25, 0.3) is 11.5 Å². The molecule has 0 aliphatic carbocycles. The topological polar surface area (TPSA) is 120 Å². The van der Waals surface area contributed by atoms with Gasteiger partial charge in [-0.25, -0.2) is 13.1 Å². The maximum absolute atomic E-state index is 12.7. The zero-order valence-electron chi connectivity index (χ0n) is 19.2. The van der Waals surface area contributed by atoms with Crippen molar-refractivity contribution in [2.45, 2.75) is 11.4 Å². The molecule has 0 saturated carbocycles. The molecular weight excluding hydrogens is 472 g/mol. The van der Waals surface area contributed by atoms with Crippen LogP contribution in [0.25, 0.3) is 11.3 Å². The number of nitrogens with zero attached hydrogens (tertiary/aromatic N) is 3. The molecular formula is C24H26N4O6S. The molecule has 1 amide bonds. The van der Waals surface area contributed by atoms with Crippen LogP contribution in [0.15, 0.2) is 70.4 Å². The van der Waals surface area contributed by atoms with Crippen LogP contribution >= 0.6 is 0 Å². The summed E-state index contributed by atoms with van der Waals surface area (Å²) < 4.78 is 38.5. The molecule has 1 aliphatic heterocycles. The van der Waals surface area contributed by atoms with E-state index in [0.717, 1.165) is 11.3 Å². The summed E-state index contributed by atoms with van der Waals surface area (Å²) in [6.45, 7) is 1.68. The first-order valence-electron chi connectivity index (χ1n) is 11.1. The third-order valence-corrected chi connectivity index (χ3v) is 7.50. The van der Waals surface area contributed by atoms with E-state index in [4.69, 9.17) is 9.47 Å². The lowest BCUT2D eigenvalue weighted by molar-refractivity contribution is 0.0730. The summed E-state index contributed by atoms with van der Waals surface area (Å²) >= 11 is 0. The first-order valence-corrected chi connectivity index (χ1v) is 12.5. The number of methoxy groups -OCH3 is 1. The van der Waals surface area contributed by atoms with Crippen LogP contribution in [0.2, 0.25) is 0 Å². The second kappa shape index (κ2) is 10.8. The van der Waals surface area contributed by atoms with Gasteiger partial charge in [-0.1, -0.05) is 0 Å². The van der Waals surface area contributed by atoms with Gasteiger partial charge in [0.1, 0.15) is 5.75 Å². The maximum atomic E-state index is 12.7. The number of nitrogens with one attached hydrogen (secondary N) is 1. The van der Waals surface area contributed by atoms with Crippen molar-refractivity contribution in [2.24, 2.45) is 0 Å². The monoisotopic (exact) mass is 498 g/mol. The molecule has 2 aromatic carbocycles. The Morgan fingerprint density at radius 1 is 1.03 bits per heavy atom. The highest BCUT2D eigenvalue weighted by Crippen LogP contribution is 2.20. The molecule has 1 aliphatic rings. The number of carbonyl (C=O) groups excluding carboxylic acids is 1. The van der Waals surface area contributed by atoms with Crippen LogP contribution in [0, 0.1) is 0 Å². The van der Waals surface area contributed by atoms with Gasteiger partial charge in [-0.15, -0.1) is 0 Å². The van der Waals surface area contributed by atoms with E-state index < -0.39 is 10.0 Å². The Hall–Kier alpha value is -3.54. The van der Waals surface area contributed by atoms with Crippen LogP contribution in [-0.2, 0) is 21.3 Å². The zero-order chi connectivity index (χ0) is 24.8. The lowest BCUT2D eigenvalue weighted by atomic mass is 10.1. The molecule has 4 rings (SSSR count). The maximum Gasteiger partial charge on any atom is 0.266 e. The van der Waals surface area contributed by atoms with Crippen molar-refractivity contribution >= 4 is 15.9 Å². The minimum Gasteiger partial charge on any atom is -0.497 e. The van der Waals surface area contributed by atoms with Gasteiger partial charge in [0.2, 0.25) is 10.0 Å². The number of hydrogen-bond acceptors (Lipinski definition) is 7. The van der Waals surface area contributed by atoms with Gasteiger partial charge in [0.15, 0.2) is 0 Å². The average Bonchev–Trinajstić information content (AvgIpc) is 2.90. The van der Waals surface area contributed by atoms with Crippen molar-refractivity contribution in [3.63, 3.8) is 0 Å². The first-order chi connectivity index (χ1) is 16.9. The first kappa shape index (κ1) is 24.6. The van der Waals surface area contributed by atoms with Gasteiger partial charge in [-0.3, -0.25) is 9.59 Å². The normalized spacial score (nSPS) is 14.4. The van der Waals surface area contributed by atoms with E-state index in [2.05, 4.69) is 10.4 Å². The van der Waals surface area contributed by atoms with E-state index >= 15 is 0 Å². The zero-order valence-corrected chi connectivity index (χ0v) is 20.0. The van der Waals surface area contributed by atoms with Crippen molar-refractivity contribution in [3.05, 3.63) is 76.6 Å². The number of rotatable bonds is 8. The van der Waals surface area contributed by atoms with E-state index in [9.17, 15) is 18.0 Å². The van der Waals surface area contributed by atoms with Crippen LogP contribution in [0.1, 0.15) is 10.4 Å². The smallest absolute Gasteiger partial charge is 0.266 e. The number of amides is 1. The summed E-state index contributed by atoms with van der Waals surface area (Å²) in [5, 5.41) is 7.12. The molecule has 0 radical (unpaired) electrons. The van der Waals surface area contributed by atoms with Gasteiger partial charge in [0.05, 0.1) is 37.5 Å². The molecule has 1 fully saturated rings. The summed E-state index contributed by atoms with van der Waals surface area (Å²) in [5.41, 5.74) is 1.48. The molecule has 11 heteroatoms. The number of ether oxygens (including phenoxy) is 2. The molecule has 2 heterocycles. The Labute approximate surface area is 203 Å². The van der Waals surface area contributed by atoms with Crippen LogP contribution < -0.4 is 15.6 Å². The Balaban J connectivity index is 1.37. The van der Waals surface area contributed by atoms with Crippen molar-refractivity contribution in [3.8, 4) is 17.0 Å². The number of morpholine rings is 1. The molecule has 0 atom stereocenters. The summed E-state index contributed by atoms with van der Waals surface area (Å²) in [4.78, 5) is 24.9. The van der Waals surface area contributed by atoms with Crippen LogP contribution in [-0.4, -0.2) is 68.4 Å². The minimum absolute atomic E-state index is 0.127. The average molecular weight is 499 g/mol. The number of sulfonamides is 1. The highest BCUT2D eigenvalue weighted by atomic mass is 32.2. The van der Waals surface area contributed by atoms with Crippen molar-refractivity contribution in [2.75, 3.05) is 40.0 Å². The van der Waals surface area contributed by atoms with Gasteiger partial charge in [-0.2, -0.15) is 9.40 Å². The van der Waals surface area contributed by atoms with E-state index in [1.807, 2.05) is 24.3 Å². The van der Waals surface area contributed by atoms with E-state index in [1.54, 1.807) is 13.2 Å². The largest absolute Gasteiger partial charge is 0.497 e. The van der Waals surface area contributed by atoms with Crippen molar-refractivity contribution in [1.29, 1.82) is 0 Å². The lowest BCUT2D eigenvalue weighted by Gasteiger charge is -2.26. The fraction of sp³-hybridized carbons (Fsp3) is 0.292. The second-order valence-electron chi connectivity index (χ2n) is 7.81. The Morgan fingerprint density at radius 3 is 2.37 bits per heavy atom. The molecule has 1 N–H and O–H groups in total. The van der Waals surface area contributed by atoms with E-state index in [0.29, 0.717) is 37.6 Å². The van der Waals surface area contributed by atoms with E-state index in [1.165, 1.54) is 39.3 Å². The van der Waals surface area contributed by atoms with Crippen molar-refractivity contribution in [1.82, 2.24) is 19.4 Å². The molecule has 0 bridgehead atoms. The van der Waals surface area contributed by atoms with Gasteiger partial charge >= 0.3 is 0 Å². The fourth-order valence-corrected chi connectivity index (χ4v) is 5.02. The molecule has 1 aromatic heterocycles. The van der Waals surface area contributed by atoms with Gasteiger partial charge < -0.3 is 14.8 Å². The number of benzene rings is 2. The fourth-order valence-electron chi connectivity index (χ4n) is 3.62. The molecule has 0 unspecified atom stereocenters. The standard InChI is InChI=1S/C24H26N4O6S/c1-33-20-6-2-18(3-7-20)22-10-11-23(29)28(26-22)13-12-25-24(30)19-4-8-21(9-5-19)35(31,32)27-14-16-34-17-15-27/h2-11H,12-17H2,1H3,(H,25,30). The quantitative estimate of drug-likeness (QED) is 0.498. The molecule has 35 heavy (non-hydrogen) atoms. The van der Waals surface area contributed by atoms with Gasteiger partial charge in [0, 0.05) is 36.8 Å². The molecule has 0 spiro atoms. The van der Waals surface area contributed by atoms with Crippen LogP contribution in [0.4, 0.5) is 0 Å². The molecule has 3 aromatic rings. The lowest BCUT2D eigenvalue weighted by Crippen LogP contribution is -2.40. The highest BCUT2D eigenvalue weighted by Gasteiger charge is 2.26. The second-order valence-corrected chi connectivity index (χ2v) is 9.74. The number of aromatic nitrogens is 2. The Kier molecular flexibility index (Phi) is 7.59. The summed E-state index contributed by atoms with van der Waals surface area (Å²) in [6, 6.07) is 16.2. The Bertz CT molecular complexity index is 1330. The SMILES string of the molecule is COc1ccc(-c2ccc(=O)n(CCNC(=O)c3ccc(S(=O)(=O)N4CCOCC4)cc3)n2)cc1. The highest BCUT2D eigenvalue weighted by molar-refractivity contribution is 7.89. The van der Waals surface area contributed by atoms with Crippen LogP contribution in [0.5, 0.6) is 5.75 Å². The Morgan fingerprint density at radius 2 is 1.71 bits per heavy atom. The number of hydrogen-bond donors (Lipinski definition) is 1. The minimum atomic E-state index is -3.62.